The van der Waals surface area contributed by atoms with Crippen LogP contribution in [0.3, 0.4) is 0 Å². The lowest BCUT2D eigenvalue weighted by Crippen LogP contribution is -2.46. The number of anilines is 1. The summed E-state index contributed by atoms with van der Waals surface area (Å²) in [6.45, 7) is 4.35. The number of aryl methyl sites for hydroxylation is 1. The molecule has 0 N–H and O–H groups in total. The van der Waals surface area contributed by atoms with Gasteiger partial charge in [0, 0.05) is 49.7 Å². The van der Waals surface area contributed by atoms with E-state index >= 15 is 0 Å². The summed E-state index contributed by atoms with van der Waals surface area (Å²) >= 11 is 0. The Bertz CT molecular complexity index is 752. The van der Waals surface area contributed by atoms with Crippen LogP contribution in [0.5, 0.6) is 0 Å². The lowest BCUT2D eigenvalue weighted by molar-refractivity contribution is -0.385. The van der Waals surface area contributed by atoms with E-state index in [1.165, 1.54) is 0 Å². The molecule has 0 spiro atoms. The second kappa shape index (κ2) is 7.57. The SMILES string of the molecule is Cc1ccnc(N(C)C2CCCN(Cc3ccccc3[N+](=O)[O-])C2)n1. The topological polar surface area (TPSA) is 75.4 Å². The lowest BCUT2D eigenvalue weighted by Gasteiger charge is -2.37. The fourth-order valence-corrected chi connectivity index (χ4v) is 3.32. The molecule has 1 saturated heterocycles. The van der Waals surface area contributed by atoms with E-state index in [0.717, 1.165) is 43.1 Å². The first kappa shape index (κ1) is 17.3. The number of nitro groups is 1. The van der Waals surface area contributed by atoms with Gasteiger partial charge < -0.3 is 4.90 Å². The maximum Gasteiger partial charge on any atom is 0.273 e. The molecule has 3 rings (SSSR count). The van der Waals surface area contributed by atoms with Crippen LogP contribution < -0.4 is 4.90 Å². The van der Waals surface area contributed by atoms with E-state index in [-0.39, 0.29) is 10.6 Å². The average molecular weight is 341 g/mol. The fourth-order valence-electron chi connectivity index (χ4n) is 3.32. The smallest absolute Gasteiger partial charge is 0.273 e. The minimum atomic E-state index is -0.302. The summed E-state index contributed by atoms with van der Waals surface area (Å²) < 4.78 is 0. The molecule has 1 aromatic heterocycles. The number of aromatic nitrogens is 2. The molecular weight excluding hydrogens is 318 g/mol. The third-order valence-corrected chi connectivity index (χ3v) is 4.71. The highest BCUT2D eigenvalue weighted by molar-refractivity contribution is 5.39. The van der Waals surface area contributed by atoms with Gasteiger partial charge in [-0.1, -0.05) is 18.2 Å². The molecule has 1 aliphatic heterocycles. The van der Waals surface area contributed by atoms with Gasteiger partial charge in [0.1, 0.15) is 0 Å². The summed E-state index contributed by atoms with van der Waals surface area (Å²) in [6.07, 6.45) is 3.91. The summed E-state index contributed by atoms with van der Waals surface area (Å²) in [5.41, 5.74) is 1.91. The minimum Gasteiger partial charge on any atom is -0.340 e. The number of benzene rings is 1. The van der Waals surface area contributed by atoms with Gasteiger partial charge in [0.05, 0.1) is 4.92 Å². The molecule has 7 nitrogen and oxygen atoms in total. The third kappa shape index (κ3) is 4.11. The molecule has 0 amide bonds. The molecule has 0 radical (unpaired) electrons. The minimum absolute atomic E-state index is 0.194. The number of likely N-dealkylation sites (N-methyl/N-ethyl adjacent to an activating group) is 1. The maximum absolute atomic E-state index is 11.2. The van der Waals surface area contributed by atoms with Crippen molar-refractivity contribution in [3.05, 3.63) is 57.9 Å². The normalized spacial score (nSPS) is 18.1. The van der Waals surface area contributed by atoms with Gasteiger partial charge in [-0.25, -0.2) is 9.97 Å². The Hall–Kier alpha value is -2.54. The Morgan fingerprint density at radius 3 is 2.92 bits per heavy atom. The lowest BCUT2D eigenvalue weighted by atomic mass is 10.0. The van der Waals surface area contributed by atoms with Gasteiger partial charge in [0.25, 0.3) is 5.69 Å². The molecule has 2 heterocycles. The molecule has 132 valence electrons. The number of nitro benzene ring substituents is 1. The van der Waals surface area contributed by atoms with E-state index in [0.29, 0.717) is 12.6 Å². The first-order valence-electron chi connectivity index (χ1n) is 8.51. The highest BCUT2D eigenvalue weighted by atomic mass is 16.6. The predicted molar refractivity (Wildman–Crippen MR) is 96.6 cm³/mol. The highest BCUT2D eigenvalue weighted by Gasteiger charge is 2.26. The van der Waals surface area contributed by atoms with Crippen molar-refractivity contribution in [1.82, 2.24) is 14.9 Å². The zero-order chi connectivity index (χ0) is 17.8. The van der Waals surface area contributed by atoms with E-state index in [1.807, 2.05) is 32.2 Å². The third-order valence-electron chi connectivity index (χ3n) is 4.71. The fraction of sp³-hybridized carbons (Fsp3) is 0.444. The number of para-hydroxylation sites is 1. The van der Waals surface area contributed by atoms with Crippen LogP contribution in [0.25, 0.3) is 0 Å². The summed E-state index contributed by atoms with van der Waals surface area (Å²) in [5.74, 6) is 0.734. The molecule has 25 heavy (non-hydrogen) atoms. The Morgan fingerprint density at radius 1 is 1.36 bits per heavy atom. The van der Waals surface area contributed by atoms with Gasteiger partial charge in [0.2, 0.25) is 5.95 Å². The zero-order valence-corrected chi connectivity index (χ0v) is 14.6. The Kier molecular flexibility index (Phi) is 5.23. The quantitative estimate of drug-likeness (QED) is 0.615. The molecule has 1 fully saturated rings. The van der Waals surface area contributed by atoms with Crippen LogP contribution in [0, 0.1) is 17.0 Å². The molecule has 1 unspecified atom stereocenters. The number of likely N-dealkylation sites (tertiary alicyclic amines) is 1. The van der Waals surface area contributed by atoms with Crippen LogP contribution in [-0.4, -0.2) is 46.0 Å². The van der Waals surface area contributed by atoms with Gasteiger partial charge in [-0.3, -0.25) is 15.0 Å². The molecule has 7 heteroatoms. The molecule has 0 bridgehead atoms. The van der Waals surface area contributed by atoms with Gasteiger partial charge in [-0.15, -0.1) is 0 Å². The molecular formula is C18H23N5O2. The van der Waals surface area contributed by atoms with Crippen LogP contribution >= 0.6 is 0 Å². The predicted octanol–water partition coefficient (Wildman–Crippen LogP) is 2.79. The van der Waals surface area contributed by atoms with Crippen molar-refractivity contribution in [3.63, 3.8) is 0 Å². The van der Waals surface area contributed by atoms with Crippen molar-refractivity contribution in [2.24, 2.45) is 0 Å². The number of nitrogens with zero attached hydrogens (tertiary/aromatic N) is 5. The van der Waals surface area contributed by atoms with Crippen LogP contribution in [-0.2, 0) is 6.54 Å². The highest BCUT2D eigenvalue weighted by Crippen LogP contribution is 2.24. The van der Waals surface area contributed by atoms with Crippen molar-refractivity contribution >= 4 is 11.6 Å². The van der Waals surface area contributed by atoms with Crippen molar-refractivity contribution in [3.8, 4) is 0 Å². The molecule has 0 saturated carbocycles. The van der Waals surface area contributed by atoms with Gasteiger partial charge in [-0.05, 0) is 32.4 Å². The standard InChI is InChI=1S/C18H23N5O2/c1-14-9-10-19-18(20-14)21(2)16-7-5-11-22(13-16)12-15-6-3-4-8-17(15)23(24)25/h3-4,6,8-10,16H,5,7,11-13H2,1-2H3. The number of rotatable bonds is 5. The maximum atomic E-state index is 11.2. The molecule has 1 aliphatic rings. The van der Waals surface area contributed by atoms with E-state index < -0.39 is 0 Å². The van der Waals surface area contributed by atoms with Crippen LogP contribution in [0.4, 0.5) is 11.6 Å². The summed E-state index contributed by atoms with van der Waals surface area (Å²) in [4.78, 5) is 24.2. The van der Waals surface area contributed by atoms with Crippen molar-refractivity contribution in [1.29, 1.82) is 0 Å². The summed E-state index contributed by atoms with van der Waals surface area (Å²) in [7, 11) is 2.02. The Morgan fingerprint density at radius 2 is 2.16 bits per heavy atom. The van der Waals surface area contributed by atoms with E-state index in [4.69, 9.17) is 0 Å². The molecule has 1 aromatic carbocycles. The molecule has 0 aliphatic carbocycles. The van der Waals surface area contributed by atoms with Gasteiger partial charge in [-0.2, -0.15) is 0 Å². The first-order valence-corrected chi connectivity index (χ1v) is 8.51. The van der Waals surface area contributed by atoms with Crippen molar-refractivity contribution < 1.29 is 4.92 Å². The Labute approximate surface area is 147 Å². The van der Waals surface area contributed by atoms with Gasteiger partial charge in [0.15, 0.2) is 0 Å². The summed E-state index contributed by atoms with van der Waals surface area (Å²) in [6, 6.07) is 9.18. The molecule has 1 atom stereocenters. The summed E-state index contributed by atoms with van der Waals surface area (Å²) in [5, 5.41) is 11.2. The molecule has 2 aromatic rings. The number of hydrogen-bond donors (Lipinski definition) is 0. The number of piperidine rings is 1. The van der Waals surface area contributed by atoms with E-state index in [1.54, 1.807) is 18.3 Å². The first-order chi connectivity index (χ1) is 12.0. The average Bonchev–Trinajstić information content (AvgIpc) is 2.61. The van der Waals surface area contributed by atoms with E-state index in [9.17, 15) is 10.1 Å². The van der Waals surface area contributed by atoms with E-state index in [2.05, 4.69) is 19.8 Å². The van der Waals surface area contributed by atoms with Crippen LogP contribution in [0.1, 0.15) is 24.1 Å². The van der Waals surface area contributed by atoms with Crippen molar-refractivity contribution in [2.45, 2.75) is 32.4 Å². The van der Waals surface area contributed by atoms with Gasteiger partial charge >= 0.3 is 0 Å². The van der Waals surface area contributed by atoms with Crippen LogP contribution in [0.2, 0.25) is 0 Å². The number of hydrogen-bond acceptors (Lipinski definition) is 6. The van der Waals surface area contributed by atoms with Crippen molar-refractivity contribution in [2.75, 3.05) is 25.0 Å². The largest absolute Gasteiger partial charge is 0.340 e. The Balaban J connectivity index is 1.70. The van der Waals surface area contributed by atoms with Crippen LogP contribution in [0.15, 0.2) is 36.5 Å². The second-order valence-electron chi connectivity index (χ2n) is 6.53. The second-order valence-corrected chi connectivity index (χ2v) is 6.53. The zero-order valence-electron chi connectivity index (χ0n) is 14.6. The monoisotopic (exact) mass is 341 g/mol.